The number of methoxy groups -OCH3 is 1. The zero-order chi connectivity index (χ0) is 17.6. The van der Waals surface area contributed by atoms with E-state index in [2.05, 4.69) is 52.4 Å². The number of thioether (sulfide) groups is 1. The lowest BCUT2D eigenvalue weighted by atomic mass is 10.1. The van der Waals surface area contributed by atoms with Gasteiger partial charge in [0.05, 0.1) is 13.2 Å². The molecule has 1 heterocycles. The summed E-state index contributed by atoms with van der Waals surface area (Å²) in [7, 11) is 1.63. The number of aromatic amines is 1. The van der Waals surface area contributed by atoms with Crippen LogP contribution in [0.2, 0.25) is 0 Å². The van der Waals surface area contributed by atoms with Crippen LogP contribution < -0.4 is 4.74 Å². The van der Waals surface area contributed by atoms with Gasteiger partial charge in [0.2, 0.25) is 5.16 Å². The predicted molar refractivity (Wildman–Crippen MR) is 98.5 cm³/mol. The number of aromatic nitrogens is 3. The van der Waals surface area contributed by atoms with Gasteiger partial charge in [0.1, 0.15) is 11.0 Å². The van der Waals surface area contributed by atoms with Crippen LogP contribution in [0.4, 0.5) is 0 Å². The van der Waals surface area contributed by atoms with Crippen LogP contribution >= 0.6 is 11.8 Å². The Morgan fingerprint density at radius 1 is 1.16 bits per heavy atom. The summed E-state index contributed by atoms with van der Waals surface area (Å²) in [5, 5.41) is 16.9. The maximum atomic E-state index is 9.43. The number of H-pyrrole nitrogens is 1. The SMILES string of the molecule is COc1ccc(-c2nc(SC(C#N)Cc3ccc(C)cc3)n[nH]2)cc1. The second-order valence-corrected chi connectivity index (χ2v) is 6.79. The molecule has 126 valence electrons. The number of ether oxygens (including phenoxy) is 1. The molecule has 25 heavy (non-hydrogen) atoms. The van der Waals surface area contributed by atoms with Crippen LogP contribution in [-0.2, 0) is 6.42 Å². The highest BCUT2D eigenvalue weighted by Crippen LogP contribution is 2.25. The number of nitrogens with zero attached hydrogens (tertiary/aromatic N) is 3. The molecule has 3 aromatic rings. The van der Waals surface area contributed by atoms with E-state index < -0.39 is 0 Å². The number of hydrogen-bond donors (Lipinski definition) is 1. The second kappa shape index (κ2) is 7.86. The molecule has 0 radical (unpaired) electrons. The molecule has 2 aromatic carbocycles. The molecule has 0 amide bonds. The van der Waals surface area contributed by atoms with Gasteiger partial charge in [-0.1, -0.05) is 41.6 Å². The van der Waals surface area contributed by atoms with Crippen molar-refractivity contribution in [2.75, 3.05) is 7.11 Å². The van der Waals surface area contributed by atoms with Crippen LogP contribution in [0.1, 0.15) is 11.1 Å². The van der Waals surface area contributed by atoms with Gasteiger partial charge in [0, 0.05) is 5.56 Å². The molecular formula is C19H18N4OS. The molecule has 5 nitrogen and oxygen atoms in total. The molecule has 0 aliphatic heterocycles. The molecule has 0 fully saturated rings. The van der Waals surface area contributed by atoms with Crippen LogP contribution in [-0.4, -0.2) is 27.5 Å². The minimum absolute atomic E-state index is 0.234. The predicted octanol–water partition coefficient (Wildman–Crippen LogP) is 4.02. The highest BCUT2D eigenvalue weighted by atomic mass is 32.2. The molecule has 0 bridgehead atoms. The molecule has 0 aliphatic carbocycles. The first-order chi connectivity index (χ1) is 12.2. The van der Waals surface area contributed by atoms with Gasteiger partial charge >= 0.3 is 0 Å². The summed E-state index contributed by atoms with van der Waals surface area (Å²) in [5.41, 5.74) is 3.27. The molecule has 3 rings (SSSR count). The summed E-state index contributed by atoms with van der Waals surface area (Å²) in [6, 6.07) is 18.1. The number of nitrogens with one attached hydrogen (secondary N) is 1. The van der Waals surface area contributed by atoms with Crippen molar-refractivity contribution < 1.29 is 4.74 Å². The van der Waals surface area contributed by atoms with E-state index in [1.807, 2.05) is 24.3 Å². The first-order valence-electron chi connectivity index (χ1n) is 7.86. The van der Waals surface area contributed by atoms with Crippen molar-refractivity contribution in [2.45, 2.75) is 23.8 Å². The van der Waals surface area contributed by atoms with E-state index in [0.717, 1.165) is 16.9 Å². The van der Waals surface area contributed by atoms with Crippen molar-refractivity contribution in [2.24, 2.45) is 0 Å². The van der Waals surface area contributed by atoms with Crippen molar-refractivity contribution in [1.82, 2.24) is 15.2 Å². The third kappa shape index (κ3) is 4.40. The second-order valence-electron chi connectivity index (χ2n) is 5.62. The van der Waals surface area contributed by atoms with Crippen molar-refractivity contribution >= 4 is 11.8 Å². The Kier molecular flexibility index (Phi) is 5.36. The summed E-state index contributed by atoms with van der Waals surface area (Å²) < 4.78 is 5.15. The summed E-state index contributed by atoms with van der Waals surface area (Å²) >= 11 is 1.37. The lowest BCUT2D eigenvalue weighted by Gasteiger charge is -2.06. The molecule has 1 N–H and O–H groups in total. The Hall–Kier alpha value is -2.78. The van der Waals surface area contributed by atoms with Crippen LogP contribution in [0.3, 0.4) is 0 Å². The fourth-order valence-electron chi connectivity index (χ4n) is 2.36. The Morgan fingerprint density at radius 2 is 1.88 bits per heavy atom. The largest absolute Gasteiger partial charge is 0.497 e. The lowest BCUT2D eigenvalue weighted by molar-refractivity contribution is 0.415. The van der Waals surface area contributed by atoms with E-state index in [9.17, 15) is 5.26 Å². The minimum atomic E-state index is -0.234. The number of nitriles is 1. The fourth-order valence-corrected chi connectivity index (χ4v) is 3.18. The van der Waals surface area contributed by atoms with Crippen molar-refractivity contribution in [1.29, 1.82) is 5.26 Å². The zero-order valence-electron chi connectivity index (χ0n) is 14.1. The lowest BCUT2D eigenvalue weighted by Crippen LogP contribution is -2.04. The van der Waals surface area contributed by atoms with Crippen LogP contribution in [0.5, 0.6) is 5.75 Å². The number of benzene rings is 2. The molecular weight excluding hydrogens is 332 g/mol. The van der Waals surface area contributed by atoms with E-state index in [-0.39, 0.29) is 5.25 Å². The van der Waals surface area contributed by atoms with Crippen LogP contribution in [0, 0.1) is 18.3 Å². The van der Waals surface area contributed by atoms with E-state index in [1.54, 1.807) is 7.11 Å². The summed E-state index contributed by atoms with van der Waals surface area (Å²) in [4.78, 5) is 4.48. The Labute approximate surface area is 151 Å². The fraction of sp³-hybridized carbons (Fsp3) is 0.211. The number of hydrogen-bond acceptors (Lipinski definition) is 5. The highest BCUT2D eigenvalue weighted by Gasteiger charge is 2.15. The molecule has 0 saturated heterocycles. The maximum Gasteiger partial charge on any atom is 0.210 e. The van der Waals surface area contributed by atoms with E-state index in [1.165, 1.54) is 17.3 Å². The van der Waals surface area contributed by atoms with Gasteiger partial charge in [0.15, 0.2) is 5.82 Å². The Balaban J connectivity index is 1.68. The van der Waals surface area contributed by atoms with Gasteiger partial charge in [0.25, 0.3) is 0 Å². The Bertz CT molecular complexity index is 866. The summed E-state index contributed by atoms with van der Waals surface area (Å²) in [5.74, 6) is 1.47. The average Bonchev–Trinajstić information content (AvgIpc) is 3.11. The van der Waals surface area contributed by atoms with Gasteiger partial charge in [-0.2, -0.15) is 5.26 Å². The third-order valence-electron chi connectivity index (χ3n) is 3.76. The van der Waals surface area contributed by atoms with Crippen molar-refractivity contribution in [3.8, 4) is 23.2 Å². The van der Waals surface area contributed by atoms with Gasteiger partial charge in [-0.05, 0) is 43.2 Å². The molecule has 0 aliphatic rings. The van der Waals surface area contributed by atoms with Crippen LogP contribution in [0.15, 0.2) is 53.7 Å². The molecule has 1 atom stereocenters. The zero-order valence-corrected chi connectivity index (χ0v) is 14.9. The average molecular weight is 350 g/mol. The maximum absolute atomic E-state index is 9.43. The van der Waals surface area contributed by atoms with Crippen molar-refractivity contribution in [3.05, 3.63) is 59.7 Å². The molecule has 1 unspecified atom stereocenters. The van der Waals surface area contributed by atoms with Gasteiger partial charge in [-0.25, -0.2) is 4.98 Å². The first kappa shape index (κ1) is 17.1. The number of aryl methyl sites for hydroxylation is 1. The van der Waals surface area contributed by atoms with Crippen molar-refractivity contribution in [3.63, 3.8) is 0 Å². The molecule has 0 spiro atoms. The molecule has 0 saturated carbocycles. The Morgan fingerprint density at radius 3 is 2.52 bits per heavy atom. The first-order valence-corrected chi connectivity index (χ1v) is 8.74. The third-order valence-corrected chi connectivity index (χ3v) is 4.71. The summed E-state index contributed by atoms with van der Waals surface area (Å²) in [6.45, 7) is 2.05. The quantitative estimate of drug-likeness (QED) is 0.680. The number of rotatable bonds is 6. The van der Waals surface area contributed by atoms with E-state index >= 15 is 0 Å². The highest BCUT2D eigenvalue weighted by molar-refractivity contribution is 8.00. The minimum Gasteiger partial charge on any atom is -0.497 e. The smallest absolute Gasteiger partial charge is 0.210 e. The van der Waals surface area contributed by atoms with Gasteiger partial charge in [-0.15, -0.1) is 5.10 Å². The standard InChI is InChI=1S/C19H18N4OS/c1-13-3-5-14(6-4-13)11-17(12-20)25-19-21-18(22-23-19)15-7-9-16(24-2)10-8-15/h3-10,17H,11H2,1-2H3,(H,21,22,23). The topological polar surface area (TPSA) is 74.6 Å². The normalized spacial score (nSPS) is 11.7. The molecule has 6 heteroatoms. The van der Waals surface area contributed by atoms with Crippen LogP contribution in [0.25, 0.3) is 11.4 Å². The van der Waals surface area contributed by atoms with Gasteiger partial charge < -0.3 is 4.74 Å². The monoisotopic (exact) mass is 350 g/mol. The van der Waals surface area contributed by atoms with E-state index in [4.69, 9.17) is 4.74 Å². The summed E-state index contributed by atoms with van der Waals surface area (Å²) in [6.07, 6.45) is 0.661. The van der Waals surface area contributed by atoms with Gasteiger partial charge in [-0.3, -0.25) is 5.10 Å². The van der Waals surface area contributed by atoms with E-state index in [0.29, 0.717) is 17.4 Å². The molecule has 1 aromatic heterocycles.